The third kappa shape index (κ3) is 3.05. The summed E-state index contributed by atoms with van der Waals surface area (Å²) in [5.74, 6) is 1.84. The maximum atomic E-state index is 12.3. The number of ether oxygens (including phenoxy) is 1. The van der Waals surface area contributed by atoms with E-state index in [9.17, 15) is 9.90 Å². The monoisotopic (exact) mass is 344 g/mol. The molecule has 0 radical (unpaired) electrons. The van der Waals surface area contributed by atoms with Gasteiger partial charge in [-0.25, -0.2) is 4.79 Å². The Kier molecular flexibility index (Phi) is 4.04. The molecular formula is C17H20N4O4. The number of nitrogens with one attached hydrogen (secondary N) is 1. The van der Waals surface area contributed by atoms with Crippen molar-refractivity contribution in [3.8, 4) is 17.1 Å². The Morgan fingerprint density at radius 3 is 3.08 bits per heavy atom. The minimum atomic E-state index is -0.427. The zero-order valence-corrected chi connectivity index (χ0v) is 13.9. The average Bonchev–Trinajstić information content (AvgIpc) is 3.34. The topological polar surface area (TPSA) is 101 Å². The van der Waals surface area contributed by atoms with E-state index in [0.29, 0.717) is 50.0 Å². The predicted octanol–water partition coefficient (Wildman–Crippen LogP) is 1.51. The van der Waals surface area contributed by atoms with E-state index < -0.39 is 6.10 Å². The van der Waals surface area contributed by atoms with Crippen LogP contribution in [0.5, 0.6) is 5.75 Å². The van der Waals surface area contributed by atoms with Crippen LogP contribution in [0.15, 0.2) is 22.7 Å². The molecule has 0 bridgehead atoms. The fraction of sp³-hybridized carbons (Fsp3) is 0.471. The highest BCUT2D eigenvalue weighted by Gasteiger charge is 2.30. The highest BCUT2D eigenvalue weighted by atomic mass is 16.5. The second kappa shape index (κ2) is 6.36. The number of aromatic nitrogens is 2. The molecule has 2 aromatic rings. The van der Waals surface area contributed by atoms with Crippen LogP contribution in [0.1, 0.15) is 30.8 Å². The number of aryl methyl sites for hydroxylation is 1. The zero-order valence-electron chi connectivity index (χ0n) is 13.9. The van der Waals surface area contributed by atoms with Crippen LogP contribution in [0, 0.1) is 0 Å². The number of carbonyl (C=O) groups excluding carboxylic acids is 1. The Hall–Kier alpha value is -2.61. The standard InChI is InChI=1S/C17H20N4O4/c1-2-15-19-16(20-25-15)10-3-4-12-13(9-24-14(12)7-10)18-17(23)21-6-5-11(22)8-21/h3-4,7,11,13,22H,2,5-6,8-9H2,1H3,(H,18,23). The Bertz CT molecular complexity index is 791. The molecular weight excluding hydrogens is 324 g/mol. The number of hydrogen-bond acceptors (Lipinski definition) is 6. The summed E-state index contributed by atoms with van der Waals surface area (Å²) in [6, 6.07) is 5.31. The van der Waals surface area contributed by atoms with Gasteiger partial charge in [0.15, 0.2) is 0 Å². The van der Waals surface area contributed by atoms with Crippen molar-refractivity contribution in [1.82, 2.24) is 20.4 Å². The zero-order chi connectivity index (χ0) is 17.4. The molecule has 8 heteroatoms. The van der Waals surface area contributed by atoms with Crippen molar-refractivity contribution in [2.45, 2.75) is 31.9 Å². The molecule has 2 aliphatic heterocycles. The van der Waals surface area contributed by atoms with Crippen molar-refractivity contribution < 1.29 is 19.2 Å². The molecule has 2 aliphatic rings. The van der Waals surface area contributed by atoms with Gasteiger partial charge >= 0.3 is 6.03 Å². The molecule has 132 valence electrons. The number of hydrogen-bond donors (Lipinski definition) is 2. The number of β-amino-alcohol motifs (C(OH)–C–C–N with tert-alkyl or cyclic N) is 1. The molecule has 4 rings (SSSR count). The maximum absolute atomic E-state index is 12.3. The summed E-state index contributed by atoms with van der Waals surface area (Å²) in [5, 5.41) is 16.5. The Morgan fingerprint density at radius 1 is 1.48 bits per heavy atom. The van der Waals surface area contributed by atoms with Crippen LogP contribution < -0.4 is 10.1 Å². The number of rotatable bonds is 3. The number of benzene rings is 1. The minimum Gasteiger partial charge on any atom is -0.491 e. The lowest BCUT2D eigenvalue weighted by molar-refractivity contribution is 0.169. The van der Waals surface area contributed by atoms with Gasteiger partial charge in [-0.2, -0.15) is 4.98 Å². The highest BCUT2D eigenvalue weighted by molar-refractivity contribution is 5.75. The van der Waals surface area contributed by atoms with Gasteiger partial charge in [0.05, 0.1) is 12.1 Å². The van der Waals surface area contributed by atoms with E-state index in [1.54, 1.807) is 4.90 Å². The minimum absolute atomic E-state index is 0.173. The van der Waals surface area contributed by atoms with Crippen molar-refractivity contribution in [2.24, 2.45) is 0 Å². The lowest BCUT2D eigenvalue weighted by Crippen LogP contribution is -2.41. The van der Waals surface area contributed by atoms with Crippen molar-refractivity contribution >= 4 is 6.03 Å². The van der Waals surface area contributed by atoms with Crippen LogP contribution >= 0.6 is 0 Å². The molecule has 25 heavy (non-hydrogen) atoms. The molecule has 8 nitrogen and oxygen atoms in total. The maximum Gasteiger partial charge on any atom is 0.318 e. The number of likely N-dealkylation sites (tertiary alicyclic amines) is 1. The van der Waals surface area contributed by atoms with E-state index in [1.165, 1.54) is 0 Å². The lowest BCUT2D eigenvalue weighted by atomic mass is 10.1. The molecule has 2 unspecified atom stereocenters. The van der Waals surface area contributed by atoms with Gasteiger partial charge in [-0.15, -0.1) is 0 Å². The number of nitrogens with zero attached hydrogens (tertiary/aromatic N) is 3. The fourth-order valence-electron chi connectivity index (χ4n) is 3.15. The third-order valence-electron chi connectivity index (χ3n) is 4.57. The van der Waals surface area contributed by atoms with E-state index in [2.05, 4.69) is 15.5 Å². The Morgan fingerprint density at radius 2 is 2.36 bits per heavy atom. The Balaban J connectivity index is 1.48. The van der Waals surface area contributed by atoms with Gasteiger partial charge in [-0.1, -0.05) is 24.2 Å². The number of aliphatic hydroxyl groups is 1. The smallest absolute Gasteiger partial charge is 0.318 e. The van der Waals surface area contributed by atoms with Crippen LogP contribution in [0.2, 0.25) is 0 Å². The fourth-order valence-corrected chi connectivity index (χ4v) is 3.15. The first-order valence-corrected chi connectivity index (χ1v) is 8.47. The SMILES string of the molecule is CCc1nc(-c2ccc3c(c2)OCC3NC(=O)N2CCC(O)C2)no1. The second-order valence-corrected chi connectivity index (χ2v) is 6.32. The summed E-state index contributed by atoms with van der Waals surface area (Å²) in [5.41, 5.74) is 1.74. The number of aliphatic hydroxyl groups excluding tert-OH is 1. The van der Waals surface area contributed by atoms with Gasteiger partial charge in [-0.3, -0.25) is 0 Å². The Labute approximate surface area is 144 Å². The van der Waals surface area contributed by atoms with Gasteiger partial charge in [0.2, 0.25) is 11.7 Å². The molecule has 2 N–H and O–H groups in total. The molecule has 0 spiro atoms. The molecule has 1 aromatic carbocycles. The summed E-state index contributed by atoms with van der Waals surface area (Å²) in [4.78, 5) is 18.2. The highest BCUT2D eigenvalue weighted by Crippen LogP contribution is 2.35. The second-order valence-electron chi connectivity index (χ2n) is 6.32. The lowest BCUT2D eigenvalue weighted by Gasteiger charge is -2.19. The van der Waals surface area contributed by atoms with Crippen LogP contribution in [0.25, 0.3) is 11.4 Å². The summed E-state index contributed by atoms with van der Waals surface area (Å²) in [6.45, 7) is 3.29. The van der Waals surface area contributed by atoms with Gasteiger partial charge in [0.1, 0.15) is 12.4 Å². The van der Waals surface area contributed by atoms with Crippen LogP contribution in [-0.2, 0) is 6.42 Å². The van der Waals surface area contributed by atoms with Crippen LogP contribution in [-0.4, -0.2) is 52.0 Å². The number of amides is 2. The van der Waals surface area contributed by atoms with Crippen LogP contribution in [0.3, 0.4) is 0 Å². The number of carbonyl (C=O) groups is 1. The quantitative estimate of drug-likeness (QED) is 0.875. The molecule has 0 aliphatic carbocycles. The van der Waals surface area contributed by atoms with Crippen LogP contribution in [0.4, 0.5) is 4.79 Å². The van der Waals surface area contributed by atoms with E-state index in [0.717, 1.165) is 11.1 Å². The molecule has 1 aromatic heterocycles. The predicted molar refractivity (Wildman–Crippen MR) is 88.1 cm³/mol. The largest absolute Gasteiger partial charge is 0.491 e. The molecule has 2 amide bonds. The van der Waals surface area contributed by atoms with Gasteiger partial charge < -0.3 is 24.6 Å². The van der Waals surface area contributed by atoms with Crippen molar-refractivity contribution in [1.29, 1.82) is 0 Å². The summed E-state index contributed by atoms with van der Waals surface area (Å²) in [6.07, 6.45) is 0.885. The summed E-state index contributed by atoms with van der Waals surface area (Å²) >= 11 is 0. The van der Waals surface area contributed by atoms with Gasteiger partial charge in [0.25, 0.3) is 0 Å². The van der Waals surface area contributed by atoms with E-state index in [-0.39, 0.29) is 12.1 Å². The van der Waals surface area contributed by atoms with Gasteiger partial charge in [0, 0.05) is 30.6 Å². The first-order chi connectivity index (χ1) is 12.1. The normalized spacial score (nSPS) is 21.9. The third-order valence-corrected chi connectivity index (χ3v) is 4.57. The molecule has 1 fully saturated rings. The molecule has 2 atom stereocenters. The summed E-state index contributed by atoms with van der Waals surface area (Å²) in [7, 11) is 0. The van der Waals surface area contributed by atoms with Gasteiger partial charge in [-0.05, 0) is 12.5 Å². The van der Waals surface area contributed by atoms with Crippen molar-refractivity contribution in [3.63, 3.8) is 0 Å². The molecule has 1 saturated heterocycles. The average molecular weight is 344 g/mol. The molecule has 3 heterocycles. The molecule has 0 saturated carbocycles. The van der Waals surface area contributed by atoms with E-state index >= 15 is 0 Å². The first kappa shape index (κ1) is 15.9. The first-order valence-electron chi connectivity index (χ1n) is 8.47. The summed E-state index contributed by atoms with van der Waals surface area (Å²) < 4.78 is 10.9. The van der Waals surface area contributed by atoms with E-state index in [4.69, 9.17) is 9.26 Å². The number of fused-ring (bicyclic) bond motifs is 1. The van der Waals surface area contributed by atoms with Crippen molar-refractivity contribution in [2.75, 3.05) is 19.7 Å². The van der Waals surface area contributed by atoms with E-state index in [1.807, 2.05) is 25.1 Å². The van der Waals surface area contributed by atoms with Crippen molar-refractivity contribution in [3.05, 3.63) is 29.7 Å². The number of urea groups is 1.